The van der Waals surface area contributed by atoms with Crippen molar-refractivity contribution in [1.29, 1.82) is 0 Å². The van der Waals surface area contributed by atoms with Crippen LogP contribution in [0.15, 0.2) is 42.7 Å². The molecule has 1 heterocycles. The van der Waals surface area contributed by atoms with E-state index in [1.54, 1.807) is 24.6 Å². The Bertz CT molecular complexity index is 736. The van der Waals surface area contributed by atoms with Crippen molar-refractivity contribution in [1.82, 2.24) is 15.3 Å². The van der Waals surface area contributed by atoms with Gasteiger partial charge in [-0.1, -0.05) is 18.2 Å². The maximum atomic E-state index is 12.8. The lowest BCUT2D eigenvalue weighted by atomic mass is 9.93. The highest BCUT2D eigenvalue weighted by Crippen LogP contribution is 2.19. The average Bonchev–Trinajstić information content (AvgIpc) is 3.28. The van der Waals surface area contributed by atoms with Crippen molar-refractivity contribution in [2.24, 2.45) is 11.7 Å². The van der Waals surface area contributed by atoms with E-state index in [0.29, 0.717) is 38.8 Å². The van der Waals surface area contributed by atoms with E-state index in [-0.39, 0.29) is 23.6 Å². The molecule has 2 unspecified atom stereocenters. The Morgan fingerprint density at radius 2 is 2.03 bits per heavy atom. The lowest BCUT2D eigenvalue weighted by Gasteiger charge is -2.23. The third-order valence-electron chi connectivity index (χ3n) is 4.65. The average molecular weight is 401 g/mol. The Hall–Kier alpha value is -2.71. The van der Waals surface area contributed by atoms with Crippen molar-refractivity contribution < 1.29 is 14.7 Å². The molecule has 0 aliphatic carbocycles. The highest BCUT2D eigenvalue weighted by molar-refractivity contribution is 6.03. The van der Waals surface area contributed by atoms with Gasteiger partial charge in [-0.15, -0.1) is 0 Å². The molecule has 8 heteroatoms. The molecule has 0 aliphatic rings. The summed E-state index contributed by atoms with van der Waals surface area (Å²) in [6.07, 6.45) is 6.37. The summed E-state index contributed by atoms with van der Waals surface area (Å²) >= 11 is 0. The van der Waals surface area contributed by atoms with Gasteiger partial charge >= 0.3 is 0 Å². The van der Waals surface area contributed by atoms with Crippen molar-refractivity contribution in [2.45, 2.75) is 31.8 Å². The molecule has 0 fully saturated rings. The topological polar surface area (TPSA) is 124 Å². The van der Waals surface area contributed by atoms with Crippen LogP contribution in [0.5, 0.6) is 0 Å². The van der Waals surface area contributed by atoms with Gasteiger partial charge in [0, 0.05) is 44.0 Å². The fourth-order valence-electron chi connectivity index (χ4n) is 3.13. The number of carbonyl (C=O) groups excluding carboxylic acids is 2. The van der Waals surface area contributed by atoms with Gasteiger partial charge in [-0.3, -0.25) is 9.59 Å². The number of aromatic nitrogens is 2. The van der Waals surface area contributed by atoms with E-state index in [0.717, 1.165) is 5.69 Å². The second-order valence-electron chi connectivity index (χ2n) is 6.78. The van der Waals surface area contributed by atoms with Gasteiger partial charge in [0.05, 0.1) is 6.10 Å². The van der Waals surface area contributed by atoms with E-state index < -0.39 is 6.10 Å². The summed E-state index contributed by atoms with van der Waals surface area (Å²) in [5, 5.41) is 13.0. The molecule has 0 bridgehead atoms. The van der Waals surface area contributed by atoms with Crippen LogP contribution in [0.2, 0.25) is 0 Å². The molecule has 157 valence electrons. The third kappa shape index (κ3) is 6.99. The molecule has 0 aliphatic heterocycles. The van der Waals surface area contributed by atoms with E-state index in [9.17, 15) is 14.7 Å². The summed E-state index contributed by atoms with van der Waals surface area (Å²) in [5.74, 6) is -0.474. The van der Waals surface area contributed by atoms with Gasteiger partial charge < -0.3 is 26.0 Å². The van der Waals surface area contributed by atoms with Gasteiger partial charge in [-0.05, 0) is 44.4 Å². The standard InChI is InChI=1S/C21H30N5O3/c1-23-20(28)16(7-5-11-22)15-18(27)10-6-14-26(17-8-3-2-4-9-17)21(29)19-24-12-13-25-19/h2-4,8-9,12-13,15-16,18,27H,5-7,10-11,14,22H2,1H3,(H,23,28)(H,24,25). The number of amides is 2. The number of imidazole rings is 1. The van der Waals surface area contributed by atoms with Gasteiger partial charge in [0.1, 0.15) is 0 Å². The Labute approximate surface area is 171 Å². The predicted molar refractivity (Wildman–Crippen MR) is 112 cm³/mol. The third-order valence-corrected chi connectivity index (χ3v) is 4.65. The normalized spacial score (nSPS) is 12.9. The number of aliphatic hydroxyl groups excluding tert-OH is 1. The highest BCUT2D eigenvalue weighted by Gasteiger charge is 2.23. The van der Waals surface area contributed by atoms with Crippen LogP contribution >= 0.6 is 0 Å². The van der Waals surface area contributed by atoms with Crippen LogP contribution in [0.1, 0.15) is 36.3 Å². The van der Waals surface area contributed by atoms with Crippen molar-refractivity contribution >= 4 is 17.5 Å². The Balaban J connectivity index is 1.95. The molecule has 0 saturated carbocycles. The van der Waals surface area contributed by atoms with Crippen molar-refractivity contribution in [3.05, 3.63) is 55.0 Å². The molecule has 29 heavy (non-hydrogen) atoms. The van der Waals surface area contributed by atoms with E-state index in [2.05, 4.69) is 15.3 Å². The summed E-state index contributed by atoms with van der Waals surface area (Å²) in [4.78, 5) is 33.3. The summed E-state index contributed by atoms with van der Waals surface area (Å²) < 4.78 is 0. The van der Waals surface area contributed by atoms with Gasteiger partial charge in [0.15, 0.2) is 5.82 Å². The monoisotopic (exact) mass is 400 g/mol. The van der Waals surface area contributed by atoms with Gasteiger partial charge in [0.25, 0.3) is 5.91 Å². The predicted octanol–water partition coefficient (Wildman–Crippen LogP) is 1.50. The first-order chi connectivity index (χ1) is 14.1. The number of rotatable bonds is 12. The smallest absolute Gasteiger partial charge is 0.294 e. The fraction of sp³-hybridized carbons (Fsp3) is 0.429. The van der Waals surface area contributed by atoms with Gasteiger partial charge in [-0.2, -0.15) is 0 Å². The maximum absolute atomic E-state index is 12.8. The van der Waals surface area contributed by atoms with Crippen LogP contribution in [-0.4, -0.2) is 53.1 Å². The van der Waals surface area contributed by atoms with E-state index in [4.69, 9.17) is 5.73 Å². The number of nitrogens with two attached hydrogens (primary N) is 1. The SMILES string of the molecule is CNC(=O)C([CH]C(O)CCCN(C(=O)c1ncc[nH]1)c1ccccc1)CCCN. The number of aromatic amines is 1. The van der Waals surface area contributed by atoms with Crippen LogP contribution in [0, 0.1) is 12.3 Å². The number of carbonyl (C=O) groups is 2. The minimum atomic E-state index is -0.744. The molecular formula is C21H30N5O3. The second-order valence-corrected chi connectivity index (χ2v) is 6.78. The molecule has 2 rings (SSSR count). The number of aliphatic hydroxyl groups is 1. The molecule has 0 spiro atoms. The zero-order chi connectivity index (χ0) is 21.1. The maximum Gasteiger partial charge on any atom is 0.294 e. The highest BCUT2D eigenvalue weighted by atomic mass is 16.3. The number of benzene rings is 1. The molecule has 5 N–H and O–H groups in total. The van der Waals surface area contributed by atoms with Crippen molar-refractivity contribution in [3.8, 4) is 0 Å². The molecule has 1 radical (unpaired) electrons. The molecule has 8 nitrogen and oxygen atoms in total. The number of hydrogen-bond donors (Lipinski definition) is 4. The molecule has 2 amide bonds. The van der Waals surface area contributed by atoms with Crippen LogP contribution < -0.4 is 16.0 Å². The lowest BCUT2D eigenvalue weighted by molar-refractivity contribution is -0.124. The summed E-state index contributed by atoms with van der Waals surface area (Å²) in [6.45, 7) is 0.917. The molecule has 1 aromatic carbocycles. The number of hydrogen-bond acceptors (Lipinski definition) is 5. The molecule has 1 aromatic heterocycles. The van der Waals surface area contributed by atoms with Crippen LogP contribution in [-0.2, 0) is 4.79 Å². The minimum absolute atomic E-state index is 0.128. The molecule has 2 atom stereocenters. The zero-order valence-corrected chi connectivity index (χ0v) is 16.8. The van der Waals surface area contributed by atoms with Crippen molar-refractivity contribution in [3.63, 3.8) is 0 Å². The fourth-order valence-corrected chi connectivity index (χ4v) is 3.13. The number of nitrogens with zero attached hydrogens (tertiary/aromatic N) is 2. The number of H-pyrrole nitrogens is 1. The van der Waals surface area contributed by atoms with E-state index in [1.807, 2.05) is 30.3 Å². The number of anilines is 1. The second kappa shape index (κ2) is 12.0. The Morgan fingerprint density at radius 3 is 2.66 bits per heavy atom. The quantitative estimate of drug-likeness (QED) is 0.430. The molecule has 2 aromatic rings. The first-order valence-corrected chi connectivity index (χ1v) is 9.87. The molecular weight excluding hydrogens is 370 g/mol. The van der Waals surface area contributed by atoms with Gasteiger partial charge in [0.2, 0.25) is 5.91 Å². The number of nitrogens with one attached hydrogen (secondary N) is 2. The summed E-state index contributed by atoms with van der Waals surface area (Å²) in [5.41, 5.74) is 6.30. The summed E-state index contributed by atoms with van der Waals surface area (Å²) in [7, 11) is 1.58. The van der Waals surface area contributed by atoms with Gasteiger partial charge in [-0.25, -0.2) is 4.98 Å². The van der Waals surface area contributed by atoms with Crippen LogP contribution in [0.25, 0.3) is 0 Å². The first-order valence-electron chi connectivity index (χ1n) is 9.87. The van der Waals surface area contributed by atoms with E-state index >= 15 is 0 Å². The van der Waals surface area contributed by atoms with E-state index in [1.165, 1.54) is 6.20 Å². The minimum Gasteiger partial charge on any atom is -0.393 e. The zero-order valence-electron chi connectivity index (χ0n) is 16.8. The Morgan fingerprint density at radius 1 is 1.28 bits per heavy atom. The largest absolute Gasteiger partial charge is 0.393 e. The summed E-state index contributed by atoms with van der Waals surface area (Å²) in [6, 6.07) is 9.34. The van der Waals surface area contributed by atoms with Crippen LogP contribution in [0.3, 0.4) is 0 Å². The number of para-hydroxylation sites is 1. The molecule has 0 saturated heterocycles. The van der Waals surface area contributed by atoms with Crippen LogP contribution in [0.4, 0.5) is 5.69 Å². The lowest BCUT2D eigenvalue weighted by Crippen LogP contribution is -2.34. The van der Waals surface area contributed by atoms with Crippen molar-refractivity contribution in [2.75, 3.05) is 25.0 Å². The first kappa shape index (κ1) is 22.6. The Kier molecular flexibility index (Phi) is 9.33.